The minimum absolute atomic E-state index is 0.407. The fourth-order valence-corrected chi connectivity index (χ4v) is 2.46. The van der Waals surface area contributed by atoms with Crippen LogP contribution >= 0.6 is 11.6 Å². The number of hydrogen-bond acceptors (Lipinski definition) is 3. The van der Waals surface area contributed by atoms with Crippen LogP contribution in [-0.4, -0.2) is 0 Å². The van der Waals surface area contributed by atoms with Crippen LogP contribution in [0.2, 0.25) is 5.02 Å². The summed E-state index contributed by atoms with van der Waals surface area (Å²) in [4.78, 5) is 0. The highest BCUT2D eigenvalue weighted by atomic mass is 35.5. The number of furan rings is 1. The lowest BCUT2D eigenvalue weighted by Gasteiger charge is -2.04. The van der Waals surface area contributed by atoms with E-state index >= 15 is 0 Å². The highest BCUT2D eigenvalue weighted by Gasteiger charge is 2.12. The van der Waals surface area contributed by atoms with Crippen molar-refractivity contribution >= 4 is 22.6 Å². The zero-order valence-electron chi connectivity index (χ0n) is 11.5. The van der Waals surface area contributed by atoms with E-state index in [1.807, 2.05) is 48.5 Å². The molecule has 0 unspecified atom stereocenters. The van der Waals surface area contributed by atoms with E-state index in [2.05, 4.69) is 0 Å². The molecule has 0 saturated carbocycles. The lowest BCUT2D eigenvalue weighted by molar-refractivity contribution is 0.0933. The average molecular weight is 302 g/mol. The third-order valence-corrected chi connectivity index (χ3v) is 3.65. The second-order valence-corrected chi connectivity index (χ2v) is 5.26. The van der Waals surface area contributed by atoms with Crippen LogP contribution in [-0.2, 0) is 24.5 Å². The Hall–Kier alpha value is -1.81. The Kier molecular flexibility index (Phi) is 4.25. The summed E-state index contributed by atoms with van der Waals surface area (Å²) >= 11 is 5.86. The van der Waals surface area contributed by atoms with Gasteiger partial charge in [-0.15, -0.1) is 0 Å². The van der Waals surface area contributed by atoms with E-state index in [9.17, 15) is 0 Å². The zero-order chi connectivity index (χ0) is 14.7. The van der Waals surface area contributed by atoms with Crippen LogP contribution in [0.1, 0.15) is 16.9 Å². The van der Waals surface area contributed by atoms with Crippen LogP contribution in [0, 0.1) is 0 Å². The molecule has 1 aromatic heterocycles. The largest absolute Gasteiger partial charge is 0.458 e. The van der Waals surface area contributed by atoms with Crippen molar-refractivity contribution in [2.24, 2.45) is 5.73 Å². The molecule has 0 amide bonds. The van der Waals surface area contributed by atoms with Gasteiger partial charge in [-0.2, -0.15) is 0 Å². The minimum atomic E-state index is 0.407. The van der Waals surface area contributed by atoms with Crippen LogP contribution in [0.5, 0.6) is 0 Å². The van der Waals surface area contributed by atoms with Crippen molar-refractivity contribution in [2.45, 2.75) is 19.8 Å². The monoisotopic (exact) mass is 301 g/mol. The summed E-state index contributed by atoms with van der Waals surface area (Å²) in [6.45, 7) is 1.36. The molecule has 0 bridgehead atoms. The lowest BCUT2D eigenvalue weighted by Crippen LogP contribution is -2.01. The Bertz CT molecular complexity index is 734. The number of hydrogen-bond donors (Lipinski definition) is 1. The lowest BCUT2D eigenvalue weighted by atomic mass is 10.1. The molecule has 0 atom stereocenters. The highest BCUT2D eigenvalue weighted by molar-refractivity contribution is 6.30. The van der Waals surface area contributed by atoms with Crippen molar-refractivity contribution in [3.8, 4) is 0 Å². The first kappa shape index (κ1) is 14.1. The van der Waals surface area contributed by atoms with E-state index < -0.39 is 0 Å². The molecule has 4 heteroatoms. The predicted octanol–water partition coefficient (Wildman–Crippen LogP) is 4.26. The molecule has 3 aromatic rings. The number of rotatable bonds is 5. The highest BCUT2D eigenvalue weighted by Crippen LogP contribution is 2.26. The first-order valence-corrected chi connectivity index (χ1v) is 7.17. The molecule has 0 aliphatic carbocycles. The van der Waals surface area contributed by atoms with Gasteiger partial charge in [0.1, 0.15) is 18.0 Å². The quantitative estimate of drug-likeness (QED) is 0.766. The summed E-state index contributed by atoms with van der Waals surface area (Å²) in [5.41, 5.74) is 8.77. The van der Waals surface area contributed by atoms with E-state index in [1.54, 1.807) is 0 Å². The second kappa shape index (κ2) is 6.31. The van der Waals surface area contributed by atoms with E-state index in [4.69, 9.17) is 26.5 Å². The fraction of sp³-hybridized carbons (Fsp3) is 0.176. The van der Waals surface area contributed by atoms with Crippen LogP contribution in [0.15, 0.2) is 52.9 Å². The first-order valence-electron chi connectivity index (χ1n) is 6.79. The Morgan fingerprint density at radius 2 is 1.76 bits per heavy atom. The van der Waals surface area contributed by atoms with Crippen molar-refractivity contribution < 1.29 is 9.15 Å². The molecule has 2 N–H and O–H groups in total. The van der Waals surface area contributed by atoms with Gasteiger partial charge in [0.2, 0.25) is 0 Å². The van der Waals surface area contributed by atoms with E-state index in [-0.39, 0.29) is 0 Å². The van der Waals surface area contributed by atoms with Gasteiger partial charge >= 0.3 is 0 Å². The standard InChI is InChI=1S/C17H16ClNO2/c18-13-7-5-12(6-8-13)10-20-11-17-15(9-19)14-3-1-2-4-16(14)21-17/h1-8H,9-11,19H2. The van der Waals surface area contributed by atoms with Gasteiger partial charge < -0.3 is 14.9 Å². The fourth-order valence-electron chi connectivity index (χ4n) is 2.33. The van der Waals surface area contributed by atoms with E-state index in [0.717, 1.165) is 32.9 Å². The van der Waals surface area contributed by atoms with Crippen molar-refractivity contribution in [1.29, 1.82) is 0 Å². The van der Waals surface area contributed by atoms with Crippen LogP contribution in [0.3, 0.4) is 0 Å². The Labute approximate surface area is 128 Å². The van der Waals surface area contributed by atoms with E-state index in [1.165, 1.54) is 0 Å². The van der Waals surface area contributed by atoms with Gasteiger partial charge in [0.15, 0.2) is 0 Å². The van der Waals surface area contributed by atoms with Gasteiger partial charge in [-0.3, -0.25) is 0 Å². The molecule has 0 fully saturated rings. The summed E-state index contributed by atoms with van der Waals surface area (Å²) in [5.74, 6) is 0.799. The summed E-state index contributed by atoms with van der Waals surface area (Å²) in [6.07, 6.45) is 0. The topological polar surface area (TPSA) is 48.4 Å². The molecule has 3 rings (SSSR count). The van der Waals surface area contributed by atoms with Crippen molar-refractivity contribution in [2.75, 3.05) is 0 Å². The molecule has 0 aliphatic rings. The molecule has 0 spiro atoms. The Balaban J connectivity index is 1.71. The van der Waals surface area contributed by atoms with Crippen LogP contribution in [0.25, 0.3) is 11.0 Å². The first-order chi connectivity index (χ1) is 10.3. The number of halogens is 1. The maximum absolute atomic E-state index is 5.86. The maximum atomic E-state index is 5.86. The van der Waals surface area contributed by atoms with Gasteiger partial charge in [-0.1, -0.05) is 41.9 Å². The third kappa shape index (κ3) is 3.10. The molecule has 0 aliphatic heterocycles. The van der Waals surface area contributed by atoms with Crippen molar-refractivity contribution in [1.82, 2.24) is 0 Å². The molecule has 0 radical (unpaired) electrons. The van der Waals surface area contributed by atoms with Gasteiger partial charge in [0.05, 0.1) is 6.61 Å². The summed E-state index contributed by atoms with van der Waals surface area (Å²) in [5, 5.41) is 1.78. The number of fused-ring (bicyclic) bond motifs is 1. The summed E-state index contributed by atoms with van der Waals surface area (Å²) in [6, 6.07) is 15.5. The smallest absolute Gasteiger partial charge is 0.135 e. The molecular formula is C17H16ClNO2. The number of nitrogens with two attached hydrogens (primary N) is 1. The SMILES string of the molecule is NCc1c(COCc2ccc(Cl)cc2)oc2ccccc12. The molecule has 2 aromatic carbocycles. The van der Waals surface area contributed by atoms with Gasteiger partial charge in [-0.05, 0) is 23.8 Å². The number of para-hydroxylation sites is 1. The molecule has 21 heavy (non-hydrogen) atoms. The second-order valence-electron chi connectivity index (χ2n) is 4.82. The number of ether oxygens (including phenoxy) is 1. The summed E-state index contributed by atoms with van der Waals surface area (Å²) in [7, 11) is 0. The van der Waals surface area contributed by atoms with E-state index in [0.29, 0.717) is 19.8 Å². The third-order valence-electron chi connectivity index (χ3n) is 3.40. The minimum Gasteiger partial charge on any atom is -0.458 e. The van der Waals surface area contributed by atoms with Crippen LogP contribution < -0.4 is 5.73 Å². The molecule has 108 valence electrons. The normalized spacial score (nSPS) is 11.1. The average Bonchev–Trinajstić information content (AvgIpc) is 2.86. The van der Waals surface area contributed by atoms with Crippen LogP contribution in [0.4, 0.5) is 0 Å². The molecule has 1 heterocycles. The molecular weight excluding hydrogens is 286 g/mol. The molecule has 0 saturated heterocycles. The molecule has 3 nitrogen and oxygen atoms in total. The van der Waals surface area contributed by atoms with Crippen molar-refractivity contribution in [3.05, 3.63) is 70.4 Å². The number of benzene rings is 2. The van der Waals surface area contributed by atoms with Crippen molar-refractivity contribution in [3.63, 3.8) is 0 Å². The zero-order valence-corrected chi connectivity index (χ0v) is 12.3. The maximum Gasteiger partial charge on any atom is 0.135 e. The van der Waals surface area contributed by atoms with Gasteiger partial charge in [0, 0.05) is 22.5 Å². The predicted molar refractivity (Wildman–Crippen MR) is 84.1 cm³/mol. The van der Waals surface area contributed by atoms with Gasteiger partial charge in [-0.25, -0.2) is 0 Å². The Morgan fingerprint density at radius 1 is 1.00 bits per heavy atom. The van der Waals surface area contributed by atoms with Gasteiger partial charge in [0.25, 0.3) is 0 Å². The summed E-state index contributed by atoms with van der Waals surface area (Å²) < 4.78 is 11.5. The Morgan fingerprint density at radius 3 is 2.52 bits per heavy atom.